The lowest BCUT2D eigenvalue weighted by Crippen LogP contribution is -2.22. The zero-order valence-electron chi connectivity index (χ0n) is 16.9. The van der Waals surface area contributed by atoms with Crippen molar-refractivity contribution in [1.29, 1.82) is 0 Å². The van der Waals surface area contributed by atoms with E-state index in [4.69, 9.17) is 20.2 Å². The van der Waals surface area contributed by atoms with Gasteiger partial charge in [-0.25, -0.2) is 4.98 Å². The van der Waals surface area contributed by atoms with Crippen LogP contribution >= 0.6 is 0 Å². The van der Waals surface area contributed by atoms with E-state index in [-0.39, 0.29) is 18.2 Å². The van der Waals surface area contributed by atoms with Crippen LogP contribution in [0.4, 0.5) is 11.8 Å². The van der Waals surface area contributed by atoms with Gasteiger partial charge in [-0.1, -0.05) is 12.1 Å². The Labute approximate surface area is 169 Å². The normalized spacial score (nSPS) is 21.4. The van der Waals surface area contributed by atoms with Crippen molar-refractivity contribution in [2.75, 3.05) is 31.3 Å². The molecule has 0 saturated carbocycles. The third-order valence-electron chi connectivity index (χ3n) is 5.25. The van der Waals surface area contributed by atoms with Gasteiger partial charge in [0.1, 0.15) is 12.0 Å². The fraction of sp³-hybridized carbons (Fsp3) is 0.450. The predicted octanol–water partition coefficient (Wildman–Crippen LogP) is 2.37. The summed E-state index contributed by atoms with van der Waals surface area (Å²) in [6, 6.07) is 7.88. The van der Waals surface area contributed by atoms with Crippen molar-refractivity contribution in [1.82, 2.24) is 19.5 Å². The Morgan fingerprint density at radius 1 is 1.28 bits per heavy atom. The van der Waals surface area contributed by atoms with Crippen LogP contribution < -0.4 is 21.1 Å². The van der Waals surface area contributed by atoms with Gasteiger partial charge >= 0.3 is 0 Å². The molecule has 154 valence electrons. The molecule has 0 bridgehead atoms. The van der Waals surface area contributed by atoms with Crippen molar-refractivity contribution in [3.63, 3.8) is 0 Å². The zero-order chi connectivity index (χ0) is 20.4. The second-order valence-corrected chi connectivity index (χ2v) is 7.24. The number of anilines is 2. The number of ether oxygens (including phenoxy) is 2. The maximum atomic E-state index is 6.11. The minimum Gasteiger partial charge on any atom is -0.497 e. The highest BCUT2D eigenvalue weighted by Crippen LogP contribution is 2.36. The number of methoxy groups -OCH3 is 1. The molecule has 1 aromatic carbocycles. The topological polar surface area (TPSA) is 112 Å². The molecular weight excluding hydrogens is 370 g/mol. The molecule has 0 spiro atoms. The number of fused-ring (bicyclic) bond motifs is 1. The molecule has 1 saturated heterocycles. The SMILES string of the molecule is CNc1nc(NCc2ccc(OC)cc2)nc2c1ncn2[C@@H]1O[C@H](C)C[C@@H]1CN. The summed E-state index contributed by atoms with van der Waals surface area (Å²) in [4.78, 5) is 13.8. The van der Waals surface area contributed by atoms with Gasteiger partial charge in [0, 0.05) is 19.5 Å². The first-order chi connectivity index (χ1) is 14.1. The lowest BCUT2D eigenvalue weighted by molar-refractivity contribution is -0.00138. The molecule has 0 amide bonds. The third kappa shape index (κ3) is 3.83. The first-order valence-corrected chi connectivity index (χ1v) is 9.77. The number of nitrogens with two attached hydrogens (primary N) is 1. The molecule has 4 rings (SSSR count). The van der Waals surface area contributed by atoms with Crippen molar-refractivity contribution >= 4 is 22.9 Å². The van der Waals surface area contributed by atoms with Crippen LogP contribution in [0.1, 0.15) is 25.1 Å². The Bertz CT molecular complexity index is 973. The maximum absolute atomic E-state index is 6.11. The minimum absolute atomic E-state index is 0.157. The Morgan fingerprint density at radius 3 is 2.76 bits per heavy atom. The van der Waals surface area contributed by atoms with E-state index in [2.05, 4.69) is 27.5 Å². The molecule has 0 radical (unpaired) electrons. The largest absolute Gasteiger partial charge is 0.497 e. The van der Waals surface area contributed by atoms with Crippen molar-refractivity contribution < 1.29 is 9.47 Å². The van der Waals surface area contributed by atoms with E-state index in [1.165, 1.54) is 0 Å². The smallest absolute Gasteiger partial charge is 0.227 e. The third-order valence-corrected chi connectivity index (χ3v) is 5.25. The molecule has 9 heteroatoms. The van der Waals surface area contributed by atoms with E-state index < -0.39 is 0 Å². The lowest BCUT2D eigenvalue weighted by atomic mass is 10.0. The molecule has 4 N–H and O–H groups in total. The van der Waals surface area contributed by atoms with Gasteiger partial charge in [0.25, 0.3) is 0 Å². The van der Waals surface area contributed by atoms with E-state index in [0.717, 1.165) is 23.4 Å². The fourth-order valence-electron chi connectivity index (χ4n) is 3.73. The summed E-state index contributed by atoms with van der Waals surface area (Å²) >= 11 is 0. The Hall–Kier alpha value is -2.91. The summed E-state index contributed by atoms with van der Waals surface area (Å²) in [5.41, 5.74) is 8.51. The number of hydrogen-bond donors (Lipinski definition) is 3. The number of benzene rings is 1. The number of imidazole rings is 1. The molecule has 0 aliphatic carbocycles. The lowest BCUT2D eigenvalue weighted by Gasteiger charge is -2.19. The van der Waals surface area contributed by atoms with Crippen molar-refractivity contribution in [2.45, 2.75) is 32.2 Å². The maximum Gasteiger partial charge on any atom is 0.227 e. The minimum atomic E-state index is -0.172. The molecule has 3 aromatic rings. The van der Waals surface area contributed by atoms with E-state index in [9.17, 15) is 0 Å². The molecule has 3 atom stereocenters. The van der Waals surface area contributed by atoms with Crippen LogP contribution in [0, 0.1) is 5.92 Å². The molecular formula is C20H27N7O2. The van der Waals surface area contributed by atoms with Gasteiger partial charge < -0.3 is 25.8 Å². The van der Waals surface area contributed by atoms with Crippen LogP contribution in [0.15, 0.2) is 30.6 Å². The summed E-state index contributed by atoms with van der Waals surface area (Å²) in [7, 11) is 3.48. The molecule has 9 nitrogen and oxygen atoms in total. The molecule has 2 aromatic heterocycles. The number of nitrogens with one attached hydrogen (secondary N) is 2. The second-order valence-electron chi connectivity index (χ2n) is 7.24. The van der Waals surface area contributed by atoms with Gasteiger partial charge in [-0.05, 0) is 37.6 Å². The van der Waals surface area contributed by atoms with Gasteiger partial charge in [0.05, 0.1) is 19.5 Å². The second kappa shape index (κ2) is 8.22. The molecule has 29 heavy (non-hydrogen) atoms. The van der Waals surface area contributed by atoms with Crippen LogP contribution in [0.25, 0.3) is 11.2 Å². The van der Waals surface area contributed by atoms with Crippen molar-refractivity contribution in [3.8, 4) is 5.75 Å². The Morgan fingerprint density at radius 2 is 2.07 bits per heavy atom. The van der Waals surface area contributed by atoms with E-state index in [0.29, 0.717) is 30.4 Å². The summed E-state index contributed by atoms with van der Waals surface area (Å²) in [6.07, 6.45) is 2.67. The number of hydrogen-bond acceptors (Lipinski definition) is 8. The number of nitrogens with zero attached hydrogens (tertiary/aromatic N) is 4. The van der Waals surface area contributed by atoms with Crippen molar-refractivity contribution in [2.24, 2.45) is 11.7 Å². The summed E-state index contributed by atoms with van der Waals surface area (Å²) in [5, 5.41) is 6.41. The summed E-state index contributed by atoms with van der Waals surface area (Å²) in [5.74, 6) is 2.25. The van der Waals surface area contributed by atoms with E-state index in [1.54, 1.807) is 13.4 Å². The highest BCUT2D eigenvalue weighted by atomic mass is 16.5. The summed E-state index contributed by atoms with van der Waals surface area (Å²) in [6.45, 7) is 3.22. The molecule has 1 fully saturated rings. The number of aromatic nitrogens is 4. The van der Waals surface area contributed by atoms with Crippen LogP contribution in [-0.4, -0.2) is 46.3 Å². The summed E-state index contributed by atoms with van der Waals surface area (Å²) < 4.78 is 13.3. The van der Waals surface area contributed by atoms with E-state index >= 15 is 0 Å². The Kier molecular flexibility index (Phi) is 5.50. The average Bonchev–Trinajstić information content (AvgIpc) is 3.34. The molecule has 0 unspecified atom stereocenters. The van der Waals surface area contributed by atoms with Gasteiger partial charge in [0.2, 0.25) is 5.95 Å². The van der Waals surface area contributed by atoms with Gasteiger partial charge in [-0.2, -0.15) is 9.97 Å². The Balaban J connectivity index is 1.63. The average molecular weight is 397 g/mol. The fourth-order valence-corrected chi connectivity index (χ4v) is 3.73. The quantitative estimate of drug-likeness (QED) is 0.557. The van der Waals surface area contributed by atoms with Crippen LogP contribution in [-0.2, 0) is 11.3 Å². The zero-order valence-corrected chi connectivity index (χ0v) is 16.9. The van der Waals surface area contributed by atoms with E-state index in [1.807, 2.05) is 35.9 Å². The van der Waals surface area contributed by atoms with Crippen LogP contribution in [0.2, 0.25) is 0 Å². The predicted molar refractivity (Wildman–Crippen MR) is 112 cm³/mol. The highest BCUT2D eigenvalue weighted by molar-refractivity contribution is 5.84. The van der Waals surface area contributed by atoms with Gasteiger partial charge in [0.15, 0.2) is 17.0 Å². The van der Waals surface area contributed by atoms with Gasteiger partial charge in [-0.15, -0.1) is 0 Å². The number of rotatable bonds is 7. The first kappa shape index (κ1) is 19.4. The molecule has 1 aliphatic rings. The highest BCUT2D eigenvalue weighted by Gasteiger charge is 2.34. The monoisotopic (exact) mass is 397 g/mol. The first-order valence-electron chi connectivity index (χ1n) is 9.77. The molecule has 1 aliphatic heterocycles. The van der Waals surface area contributed by atoms with Crippen LogP contribution in [0.3, 0.4) is 0 Å². The van der Waals surface area contributed by atoms with Crippen LogP contribution in [0.5, 0.6) is 5.75 Å². The van der Waals surface area contributed by atoms with Gasteiger partial charge in [-0.3, -0.25) is 4.57 Å². The standard InChI is InChI=1S/C20H27N7O2/c1-12-8-14(9-21)19(29-12)27-11-24-16-17(22-2)25-20(26-18(16)27)23-10-13-4-6-15(28-3)7-5-13/h4-7,11-12,14,19H,8-10,21H2,1-3H3,(H2,22,23,25,26)/t12-,14-,19-/m1/s1. The molecule has 3 heterocycles. The van der Waals surface area contributed by atoms with Crippen molar-refractivity contribution in [3.05, 3.63) is 36.2 Å².